The van der Waals surface area contributed by atoms with Crippen molar-refractivity contribution in [2.45, 2.75) is 19.5 Å². The Labute approximate surface area is 116 Å². The van der Waals surface area contributed by atoms with Gasteiger partial charge in [-0.2, -0.15) is 0 Å². The molecule has 0 aliphatic carbocycles. The van der Waals surface area contributed by atoms with Gasteiger partial charge in [0, 0.05) is 17.3 Å². The number of carbonyl (C=O) groups excluding carboxylic acids is 1. The predicted octanol–water partition coefficient (Wildman–Crippen LogP) is 2.19. The first-order chi connectivity index (χ1) is 9.11. The Kier molecular flexibility index (Phi) is 4.06. The van der Waals surface area contributed by atoms with E-state index in [4.69, 9.17) is 17.3 Å². The highest BCUT2D eigenvalue weighted by Crippen LogP contribution is 2.21. The normalized spacial score (nSPS) is 12.1. The molecule has 0 aliphatic rings. The van der Waals surface area contributed by atoms with Gasteiger partial charge in [0.05, 0.1) is 18.2 Å². The molecule has 2 rings (SSSR count). The lowest BCUT2D eigenvalue weighted by molar-refractivity contribution is -0.119. The molecular formula is C13H15ClN4O. The second kappa shape index (κ2) is 5.75. The maximum Gasteiger partial charge on any atom is 0.246 e. The molecule has 1 unspecified atom stereocenters. The summed E-state index contributed by atoms with van der Waals surface area (Å²) < 4.78 is 1.87. The fourth-order valence-electron chi connectivity index (χ4n) is 1.87. The first-order valence-corrected chi connectivity index (χ1v) is 6.31. The van der Waals surface area contributed by atoms with E-state index >= 15 is 0 Å². The quantitative estimate of drug-likeness (QED) is 0.880. The fourth-order valence-corrected chi connectivity index (χ4v) is 2.06. The smallest absolute Gasteiger partial charge is 0.246 e. The van der Waals surface area contributed by atoms with E-state index in [1.807, 2.05) is 17.6 Å². The summed E-state index contributed by atoms with van der Waals surface area (Å²) in [5.74, 6) is -0.463. The number of benzene rings is 1. The zero-order chi connectivity index (χ0) is 13.8. The molecular weight excluding hydrogens is 264 g/mol. The summed E-state index contributed by atoms with van der Waals surface area (Å²) in [5, 5.41) is 3.67. The van der Waals surface area contributed by atoms with Crippen molar-refractivity contribution in [1.29, 1.82) is 0 Å². The van der Waals surface area contributed by atoms with E-state index in [0.29, 0.717) is 5.02 Å². The number of halogens is 1. The second-order valence-corrected chi connectivity index (χ2v) is 4.53. The molecule has 0 radical (unpaired) electrons. The third kappa shape index (κ3) is 3.06. The summed E-state index contributed by atoms with van der Waals surface area (Å²) in [6.45, 7) is 2.69. The molecule has 19 heavy (non-hydrogen) atoms. The lowest BCUT2D eigenvalue weighted by atomic mass is 10.2. The minimum atomic E-state index is -0.638. The van der Waals surface area contributed by atoms with Crippen LogP contribution in [0.1, 0.15) is 18.7 Å². The number of anilines is 1. The Balaban J connectivity index is 2.29. The van der Waals surface area contributed by atoms with Crippen molar-refractivity contribution in [2.75, 3.05) is 5.32 Å². The van der Waals surface area contributed by atoms with Crippen molar-refractivity contribution >= 4 is 23.2 Å². The fraction of sp³-hybridized carbons (Fsp3) is 0.231. The van der Waals surface area contributed by atoms with Crippen molar-refractivity contribution in [3.05, 3.63) is 47.5 Å². The molecule has 6 heteroatoms. The average molecular weight is 279 g/mol. The number of nitrogens with one attached hydrogen (secondary N) is 1. The number of aryl methyl sites for hydroxylation is 1. The predicted molar refractivity (Wildman–Crippen MR) is 74.9 cm³/mol. The van der Waals surface area contributed by atoms with Gasteiger partial charge in [-0.3, -0.25) is 4.79 Å². The standard InChI is InChI=1S/C13H15ClN4O/c1-2-18-8-16-7-11(18)12(13(15)19)17-10-5-3-4-9(14)6-10/h3-8,12,17H,2H2,1H3,(H2,15,19). The summed E-state index contributed by atoms with van der Waals surface area (Å²) in [6, 6.07) is 6.50. The average Bonchev–Trinajstić information content (AvgIpc) is 2.83. The van der Waals surface area contributed by atoms with Crippen LogP contribution >= 0.6 is 11.6 Å². The van der Waals surface area contributed by atoms with Crippen LogP contribution in [-0.2, 0) is 11.3 Å². The summed E-state index contributed by atoms with van der Waals surface area (Å²) >= 11 is 5.92. The molecule has 0 saturated heterocycles. The van der Waals surface area contributed by atoms with Gasteiger partial charge < -0.3 is 15.6 Å². The van der Waals surface area contributed by atoms with E-state index in [1.54, 1.807) is 30.7 Å². The first kappa shape index (κ1) is 13.4. The van der Waals surface area contributed by atoms with Gasteiger partial charge in [-0.15, -0.1) is 0 Å². The van der Waals surface area contributed by atoms with Crippen molar-refractivity contribution in [1.82, 2.24) is 9.55 Å². The van der Waals surface area contributed by atoms with Gasteiger partial charge in [0.25, 0.3) is 0 Å². The molecule has 3 N–H and O–H groups in total. The molecule has 1 aromatic carbocycles. The molecule has 0 fully saturated rings. The highest BCUT2D eigenvalue weighted by Gasteiger charge is 2.21. The maximum atomic E-state index is 11.6. The number of nitrogens with zero attached hydrogens (tertiary/aromatic N) is 2. The number of imidazole rings is 1. The zero-order valence-electron chi connectivity index (χ0n) is 10.5. The first-order valence-electron chi connectivity index (χ1n) is 5.93. The number of nitrogens with two attached hydrogens (primary N) is 1. The molecule has 0 bridgehead atoms. The van der Waals surface area contributed by atoms with E-state index in [0.717, 1.165) is 17.9 Å². The summed E-state index contributed by atoms with van der Waals surface area (Å²) in [7, 11) is 0. The van der Waals surface area contributed by atoms with Crippen LogP contribution in [0, 0.1) is 0 Å². The Morgan fingerprint density at radius 1 is 1.58 bits per heavy atom. The molecule has 1 aromatic heterocycles. The Morgan fingerprint density at radius 2 is 2.37 bits per heavy atom. The van der Waals surface area contributed by atoms with E-state index in [9.17, 15) is 4.79 Å². The van der Waals surface area contributed by atoms with Gasteiger partial charge in [0.2, 0.25) is 5.91 Å². The minimum Gasteiger partial charge on any atom is -0.369 e. The lowest BCUT2D eigenvalue weighted by Gasteiger charge is -2.18. The summed E-state index contributed by atoms with van der Waals surface area (Å²) in [6.07, 6.45) is 3.31. The summed E-state index contributed by atoms with van der Waals surface area (Å²) in [4.78, 5) is 15.7. The molecule has 1 atom stereocenters. The second-order valence-electron chi connectivity index (χ2n) is 4.09. The van der Waals surface area contributed by atoms with Crippen LogP contribution in [0.15, 0.2) is 36.8 Å². The molecule has 0 spiro atoms. The number of hydrogen-bond donors (Lipinski definition) is 2. The summed E-state index contributed by atoms with van der Waals surface area (Å²) in [5.41, 5.74) is 6.93. The maximum absolute atomic E-state index is 11.6. The van der Waals surface area contributed by atoms with Crippen molar-refractivity contribution in [3.8, 4) is 0 Å². The third-order valence-electron chi connectivity index (χ3n) is 2.80. The lowest BCUT2D eigenvalue weighted by Crippen LogP contribution is -2.29. The molecule has 0 aliphatic heterocycles. The number of amides is 1. The highest BCUT2D eigenvalue weighted by molar-refractivity contribution is 6.30. The van der Waals surface area contributed by atoms with Crippen LogP contribution in [0.3, 0.4) is 0 Å². The van der Waals surface area contributed by atoms with E-state index < -0.39 is 11.9 Å². The number of carbonyl (C=O) groups is 1. The van der Waals surface area contributed by atoms with Crippen LogP contribution < -0.4 is 11.1 Å². The van der Waals surface area contributed by atoms with Gasteiger partial charge in [-0.25, -0.2) is 4.98 Å². The molecule has 100 valence electrons. The topological polar surface area (TPSA) is 72.9 Å². The molecule has 1 amide bonds. The number of rotatable bonds is 5. The SMILES string of the molecule is CCn1cncc1C(Nc1cccc(Cl)c1)C(N)=O. The van der Waals surface area contributed by atoms with Crippen LogP contribution in [0.25, 0.3) is 0 Å². The molecule has 2 aromatic rings. The van der Waals surface area contributed by atoms with Gasteiger partial charge in [0.15, 0.2) is 0 Å². The van der Waals surface area contributed by atoms with Gasteiger partial charge in [-0.1, -0.05) is 17.7 Å². The number of primary amides is 1. The van der Waals surface area contributed by atoms with Crippen LogP contribution in [0.4, 0.5) is 5.69 Å². The Hall–Kier alpha value is -2.01. The largest absolute Gasteiger partial charge is 0.369 e. The molecule has 1 heterocycles. The van der Waals surface area contributed by atoms with Crippen LogP contribution in [-0.4, -0.2) is 15.5 Å². The molecule has 0 saturated carbocycles. The Bertz CT molecular complexity index is 582. The van der Waals surface area contributed by atoms with E-state index in [-0.39, 0.29) is 0 Å². The van der Waals surface area contributed by atoms with Gasteiger partial charge in [0.1, 0.15) is 6.04 Å². The Morgan fingerprint density at radius 3 is 3.00 bits per heavy atom. The van der Waals surface area contributed by atoms with Gasteiger partial charge >= 0.3 is 0 Å². The van der Waals surface area contributed by atoms with E-state index in [2.05, 4.69) is 10.3 Å². The third-order valence-corrected chi connectivity index (χ3v) is 3.04. The zero-order valence-corrected chi connectivity index (χ0v) is 11.3. The molecule has 5 nitrogen and oxygen atoms in total. The van der Waals surface area contributed by atoms with Crippen molar-refractivity contribution < 1.29 is 4.79 Å². The van der Waals surface area contributed by atoms with Gasteiger partial charge in [-0.05, 0) is 25.1 Å². The van der Waals surface area contributed by atoms with Crippen LogP contribution in [0.5, 0.6) is 0 Å². The monoisotopic (exact) mass is 278 g/mol. The number of hydrogen-bond acceptors (Lipinski definition) is 3. The van der Waals surface area contributed by atoms with Crippen LogP contribution in [0.2, 0.25) is 5.02 Å². The van der Waals surface area contributed by atoms with E-state index in [1.165, 1.54) is 0 Å². The minimum absolute atomic E-state index is 0.463. The highest BCUT2D eigenvalue weighted by atomic mass is 35.5. The number of aromatic nitrogens is 2. The van der Waals surface area contributed by atoms with Crippen molar-refractivity contribution in [3.63, 3.8) is 0 Å². The van der Waals surface area contributed by atoms with Crippen molar-refractivity contribution in [2.24, 2.45) is 5.73 Å².